The fourth-order valence-electron chi connectivity index (χ4n) is 18.0. The van der Waals surface area contributed by atoms with E-state index >= 15 is 8.78 Å². The lowest BCUT2D eigenvalue weighted by Crippen LogP contribution is -2.65. The Morgan fingerprint density at radius 1 is 0.602 bits per heavy atom. The molecule has 8 aliphatic carbocycles. The second-order valence-electron chi connectivity index (χ2n) is 31.2. The Hall–Kier alpha value is -2.14. The molecule has 6 saturated carbocycles. The van der Waals surface area contributed by atoms with E-state index in [0.717, 1.165) is 27.8 Å². The normalized spacial score (nSPS) is 41.5. The number of alkyl halides is 10. The van der Waals surface area contributed by atoms with E-state index < -0.39 is 114 Å². The number of ether oxygens (including phenoxy) is 5. The van der Waals surface area contributed by atoms with Gasteiger partial charge in [-0.1, -0.05) is 98.2 Å². The van der Waals surface area contributed by atoms with Crippen molar-refractivity contribution in [1.29, 1.82) is 0 Å². The molecule has 0 bridgehead atoms. The van der Waals surface area contributed by atoms with Gasteiger partial charge in [-0.3, -0.25) is 0 Å². The van der Waals surface area contributed by atoms with Crippen molar-refractivity contribution in [3.63, 3.8) is 0 Å². The predicted octanol–water partition coefficient (Wildman–Crippen LogP) is 15.0. The van der Waals surface area contributed by atoms with Crippen molar-refractivity contribution in [3.05, 3.63) is 58.2 Å². The van der Waals surface area contributed by atoms with Gasteiger partial charge in [0.1, 0.15) is 22.4 Å². The standard InChI is InChI=1S/C38H55F5O5Si.C25H33F5O4/c1-31(2,3)49(7,8)48-20-24-9-11-25(12-10-24)27-19-33(6)28(15-18-36(33,45)37(39,40)38(41,42)43)26-13-16-34(44)21-35(17-14-29(34)30(26)27)46-22-32(4,5)23-47-35;1-18(2)13-32-21(33-14-18)10-11-22-17-5-7-19(3)16(15(17)4-8-20(22,12-21)34-22)6-9-23(19,31)24(26,27)25(28,29)30/h9-12,26-28,44-45H,13-23H2,1-8H3;5,15-16,31H,4,6-14H2,1-3H3/t26?,27-,28?,33+,34-,36+;15-,16-,19-,20?,22+,23-/m10/s1. The summed E-state index contributed by atoms with van der Waals surface area (Å²) in [5.41, 5.74) is -7.45. The van der Waals surface area contributed by atoms with Crippen LogP contribution in [0, 0.1) is 45.3 Å². The van der Waals surface area contributed by atoms with E-state index in [4.69, 9.17) is 28.1 Å². The molecule has 9 nitrogen and oxygen atoms in total. The van der Waals surface area contributed by atoms with E-state index in [-0.39, 0.29) is 59.8 Å². The van der Waals surface area contributed by atoms with Crippen LogP contribution in [0.5, 0.6) is 0 Å². The summed E-state index contributed by atoms with van der Waals surface area (Å²) in [6, 6.07) is 7.73. The number of allylic oxidation sites excluding steroid dienone is 2. The van der Waals surface area contributed by atoms with Crippen molar-refractivity contribution in [2.45, 2.75) is 259 Å². The third-order valence-electron chi connectivity index (χ3n) is 24.0. The molecule has 3 unspecified atom stereocenters. The molecular weight excluding hydrogens is 1120 g/mol. The van der Waals surface area contributed by atoms with Crippen LogP contribution in [0.15, 0.2) is 47.1 Å². The van der Waals surface area contributed by atoms with Crippen molar-refractivity contribution < 1.29 is 87.3 Å². The maximum atomic E-state index is 15.4. The van der Waals surface area contributed by atoms with Crippen LogP contribution >= 0.6 is 0 Å². The van der Waals surface area contributed by atoms with Gasteiger partial charge in [-0.25, -0.2) is 0 Å². The van der Waals surface area contributed by atoms with E-state index in [1.807, 2.05) is 30.3 Å². The van der Waals surface area contributed by atoms with E-state index in [1.54, 1.807) is 0 Å². The molecule has 0 radical (unpaired) electrons. The lowest BCUT2D eigenvalue weighted by molar-refractivity contribution is -0.362. The lowest BCUT2D eigenvalue weighted by Gasteiger charge is -2.59. The molecule has 3 saturated heterocycles. The summed E-state index contributed by atoms with van der Waals surface area (Å²) in [5.74, 6) is -14.1. The van der Waals surface area contributed by atoms with Crippen molar-refractivity contribution >= 4 is 8.32 Å². The first-order valence-electron chi connectivity index (χ1n) is 30.4. The summed E-state index contributed by atoms with van der Waals surface area (Å²) in [7, 11) is -2.03. The summed E-state index contributed by atoms with van der Waals surface area (Å²) in [6.07, 6.45) is -5.69. The third kappa shape index (κ3) is 9.16. The second-order valence-corrected chi connectivity index (χ2v) is 36.0. The van der Waals surface area contributed by atoms with Crippen LogP contribution in [0.2, 0.25) is 18.1 Å². The number of epoxide rings is 1. The Labute approximate surface area is 483 Å². The molecule has 83 heavy (non-hydrogen) atoms. The second kappa shape index (κ2) is 19.0. The minimum atomic E-state index is -5.89. The quantitative estimate of drug-likeness (QED) is 0.111. The van der Waals surface area contributed by atoms with Gasteiger partial charge in [-0.2, -0.15) is 43.9 Å². The molecule has 9 fully saturated rings. The third-order valence-corrected chi connectivity index (χ3v) is 28.5. The van der Waals surface area contributed by atoms with Crippen LogP contribution < -0.4 is 0 Å². The van der Waals surface area contributed by atoms with Crippen molar-refractivity contribution in [2.75, 3.05) is 26.4 Å². The Morgan fingerprint density at radius 3 is 1.64 bits per heavy atom. The summed E-state index contributed by atoms with van der Waals surface area (Å²) < 4.78 is 180. The molecule has 2 spiro atoms. The average molecular weight is 1210 g/mol. The van der Waals surface area contributed by atoms with Crippen LogP contribution in [0.1, 0.15) is 182 Å². The zero-order valence-corrected chi connectivity index (χ0v) is 51.2. The number of halogens is 10. The first-order chi connectivity index (χ1) is 37.9. The van der Waals surface area contributed by atoms with Crippen LogP contribution in [-0.4, -0.2) is 114 Å². The van der Waals surface area contributed by atoms with Gasteiger partial charge in [0.2, 0.25) is 0 Å². The molecule has 0 amide bonds. The maximum absolute atomic E-state index is 15.4. The fourth-order valence-corrected chi connectivity index (χ4v) is 18.9. The maximum Gasteiger partial charge on any atom is 0.456 e. The largest absolute Gasteiger partial charge is 0.456 e. The van der Waals surface area contributed by atoms with Gasteiger partial charge in [0, 0.05) is 53.3 Å². The number of hydrogen-bond donors (Lipinski definition) is 3. The first-order valence-corrected chi connectivity index (χ1v) is 33.3. The first kappa shape index (κ1) is 62.5. The van der Waals surface area contributed by atoms with E-state index in [9.17, 15) is 50.4 Å². The van der Waals surface area contributed by atoms with E-state index in [1.165, 1.54) is 13.8 Å². The monoisotopic (exact) mass is 1210 g/mol. The van der Waals surface area contributed by atoms with Crippen molar-refractivity contribution in [1.82, 2.24) is 0 Å². The highest BCUT2D eigenvalue weighted by molar-refractivity contribution is 6.74. The fraction of sp³-hybridized carbons (Fsp3) is 0.841. The van der Waals surface area contributed by atoms with Gasteiger partial charge >= 0.3 is 24.2 Å². The number of hydrogen-bond acceptors (Lipinski definition) is 9. The number of benzene rings is 1. The SMILES string of the molecule is CC1(C)COC2(CCC3=C4C(CC[C@@]3(O)C2)C2CC[C@@](O)(C(F)(F)C(F)(F)F)[C@@]2(C)C[C@@H]4c2ccc(CO[Si](C)(C)C(C)(C)C)cc2)OC1.CC1(C)COC2(CC[C@]34OC3(CC[C@@H]3C4=CC[C@@]4(C)[C@H]3CC[C@@]4(O)C(F)(F)C(F)(F)F)C2)OC1. The molecule has 12 atom stereocenters. The molecule has 0 aromatic heterocycles. The zero-order chi connectivity index (χ0) is 60.9. The molecule has 1 aromatic rings. The van der Waals surface area contributed by atoms with Gasteiger partial charge < -0.3 is 43.4 Å². The van der Waals surface area contributed by atoms with Crippen LogP contribution in [0.4, 0.5) is 43.9 Å². The molecule has 11 aliphatic rings. The summed E-state index contributed by atoms with van der Waals surface area (Å²) in [6.45, 7) is 24.7. The summed E-state index contributed by atoms with van der Waals surface area (Å²) in [4.78, 5) is 0. The zero-order valence-electron chi connectivity index (χ0n) is 50.2. The van der Waals surface area contributed by atoms with Gasteiger partial charge in [-0.15, -0.1) is 0 Å². The van der Waals surface area contributed by atoms with Gasteiger partial charge in [-0.05, 0) is 141 Å². The number of fused-ring (bicyclic) bond motifs is 7. The van der Waals surface area contributed by atoms with Crippen LogP contribution in [-0.2, 0) is 34.7 Å². The highest BCUT2D eigenvalue weighted by Gasteiger charge is 2.83. The molecule has 468 valence electrons. The molecule has 3 aliphatic heterocycles. The highest BCUT2D eigenvalue weighted by Crippen LogP contribution is 2.76. The topological polar surface area (TPSA) is 119 Å². The molecule has 12 rings (SSSR count). The van der Waals surface area contributed by atoms with Crippen molar-refractivity contribution in [2.24, 2.45) is 45.3 Å². The smallest absolute Gasteiger partial charge is 0.413 e. The Bertz CT molecular complexity index is 2750. The average Bonchev–Trinajstić information content (AvgIpc) is 1.53. The van der Waals surface area contributed by atoms with Crippen molar-refractivity contribution in [3.8, 4) is 0 Å². The Morgan fingerprint density at radius 2 is 1.11 bits per heavy atom. The minimum Gasteiger partial charge on any atom is -0.413 e. The number of aliphatic hydroxyl groups is 3. The summed E-state index contributed by atoms with van der Waals surface area (Å²) in [5, 5.41) is 35.0. The highest BCUT2D eigenvalue weighted by atomic mass is 28.4. The Kier molecular flexibility index (Phi) is 14.3. The van der Waals surface area contributed by atoms with Crippen LogP contribution in [0.25, 0.3) is 0 Å². The number of rotatable bonds is 6. The van der Waals surface area contributed by atoms with Gasteiger partial charge in [0.15, 0.2) is 19.9 Å². The molecule has 3 heterocycles. The Balaban J connectivity index is 0.000000185. The van der Waals surface area contributed by atoms with E-state index in [0.29, 0.717) is 90.8 Å². The summed E-state index contributed by atoms with van der Waals surface area (Å²) >= 11 is 0. The minimum absolute atomic E-state index is 0.0147. The molecule has 3 N–H and O–H groups in total. The molecule has 1 aromatic carbocycles. The predicted molar refractivity (Wildman–Crippen MR) is 291 cm³/mol. The van der Waals surface area contributed by atoms with Gasteiger partial charge in [0.05, 0.1) is 38.6 Å². The molecule has 20 heteroatoms. The molecular formula is C63H88F10O9Si. The van der Waals surface area contributed by atoms with Gasteiger partial charge in [0.25, 0.3) is 0 Å². The van der Waals surface area contributed by atoms with Crippen LogP contribution in [0.3, 0.4) is 0 Å². The van der Waals surface area contributed by atoms with E-state index in [2.05, 4.69) is 61.6 Å². The lowest BCUT2D eigenvalue weighted by atomic mass is 9.49.